The van der Waals surface area contributed by atoms with Crippen LogP contribution >= 0.6 is 0 Å². The van der Waals surface area contributed by atoms with Crippen molar-refractivity contribution in [3.8, 4) is 0 Å². The van der Waals surface area contributed by atoms with Crippen molar-refractivity contribution in [2.24, 2.45) is 11.8 Å². The number of ether oxygens (including phenoxy) is 1. The molecule has 1 N–H and O–H groups in total. The van der Waals surface area contributed by atoms with E-state index in [0.29, 0.717) is 26.1 Å². The first-order valence-electron chi connectivity index (χ1n) is 8.82. The lowest BCUT2D eigenvalue weighted by Gasteiger charge is -2.35. The van der Waals surface area contributed by atoms with Gasteiger partial charge in [-0.1, -0.05) is 19.1 Å². The zero-order chi connectivity index (χ0) is 17.1. The van der Waals surface area contributed by atoms with Crippen LogP contribution in [-0.2, 0) is 16.0 Å². The average molecular weight is 331 g/mol. The minimum absolute atomic E-state index is 0.0678. The van der Waals surface area contributed by atoms with Crippen molar-refractivity contribution in [3.05, 3.63) is 35.4 Å². The molecule has 2 saturated heterocycles. The standard InChI is InChI=1S/C19H25NO4/c1-2-13-3-5-15(6-4-13)18(21)20-10-7-14(8-11-20)17-16(19(22)23)9-12-24-17/h3-6,14,16-17H,2,7-12H2,1H3,(H,22,23)/t16?,17-/m0/s1. The third kappa shape index (κ3) is 3.46. The molecule has 2 aliphatic heterocycles. The molecule has 1 unspecified atom stereocenters. The number of carbonyl (C=O) groups excluding carboxylic acids is 1. The molecule has 0 radical (unpaired) electrons. The van der Waals surface area contributed by atoms with Crippen LogP contribution in [0.3, 0.4) is 0 Å². The van der Waals surface area contributed by atoms with Gasteiger partial charge in [0.15, 0.2) is 0 Å². The van der Waals surface area contributed by atoms with Gasteiger partial charge in [-0.15, -0.1) is 0 Å². The Labute approximate surface area is 142 Å². The Hall–Kier alpha value is -1.88. The number of hydrogen-bond acceptors (Lipinski definition) is 3. The molecule has 0 spiro atoms. The van der Waals surface area contributed by atoms with E-state index < -0.39 is 5.97 Å². The topological polar surface area (TPSA) is 66.8 Å². The summed E-state index contributed by atoms with van der Waals surface area (Å²) in [4.78, 5) is 25.8. The lowest BCUT2D eigenvalue weighted by atomic mass is 9.84. The van der Waals surface area contributed by atoms with Gasteiger partial charge in [-0.2, -0.15) is 0 Å². The molecule has 0 aromatic heterocycles. The summed E-state index contributed by atoms with van der Waals surface area (Å²) in [5.74, 6) is -0.843. The SMILES string of the molecule is CCc1ccc(C(=O)N2CCC([C@@H]3OCCC3C(=O)O)CC2)cc1. The van der Waals surface area contributed by atoms with Gasteiger partial charge < -0.3 is 14.7 Å². The summed E-state index contributed by atoms with van der Waals surface area (Å²) in [6.07, 6.45) is 3.00. The second-order valence-electron chi connectivity index (χ2n) is 6.75. The molecule has 1 aromatic carbocycles. The van der Waals surface area contributed by atoms with Crippen molar-refractivity contribution >= 4 is 11.9 Å². The van der Waals surface area contributed by atoms with E-state index in [0.717, 1.165) is 24.8 Å². The maximum Gasteiger partial charge on any atom is 0.309 e. The van der Waals surface area contributed by atoms with E-state index in [1.807, 2.05) is 29.2 Å². The summed E-state index contributed by atoms with van der Waals surface area (Å²) in [7, 11) is 0. The van der Waals surface area contributed by atoms with Gasteiger partial charge in [0, 0.05) is 25.3 Å². The molecule has 1 aromatic rings. The van der Waals surface area contributed by atoms with Crippen LogP contribution in [-0.4, -0.2) is 47.7 Å². The molecular weight excluding hydrogens is 306 g/mol. The van der Waals surface area contributed by atoms with E-state index in [2.05, 4.69) is 6.92 Å². The van der Waals surface area contributed by atoms with Gasteiger partial charge in [0.05, 0.1) is 12.0 Å². The molecule has 2 heterocycles. The number of hydrogen-bond donors (Lipinski definition) is 1. The Morgan fingerprint density at radius 1 is 1.17 bits per heavy atom. The Morgan fingerprint density at radius 3 is 2.42 bits per heavy atom. The molecular formula is C19H25NO4. The molecule has 3 rings (SSSR count). The summed E-state index contributed by atoms with van der Waals surface area (Å²) in [6, 6.07) is 7.80. The Morgan fingerprint density at radius 2 is 1.83 bits per heavy atom. The average Bonchev–Trinajstić information content (AvgIpc) is 3.11. The quantitative estimate of drug-likeness (QED) is 0.921. The van der Waals surface area contributed by atoms with Gasteiger partial charge in [0.25, 0.3) is 5.91 Å². The zero-order valence-electron chi connectivity index (χ0n) is 14.1. The van der Waals surface area contributed by atoms with Crippen LogP contribution in [0.2, 0.25) is 0 Å². The summed E-state index contributed by atoms with van der Waals surface area (Å²) in [5.41, 5.74) is 1.95. The number of piperidine rings is 1. The Balaban J connectivity index is 1.58. The van der Waals surface area contributed by atoms with Crippen LogP contribution in [0, 0.1) is 11.8 Å². The van der Waals surface area contributed by atoms with Crippen molar-refractivity contribution in [3.63, 3.8) is 0 Å². The van der Waals surface area contributed by atoms with Crippen LogP contribution in [0.25, 0.3) is 0 Å². The normalized spacial score (nSPS) is 25.0. The number of aliphatic carboxylic acids is 1. The highest BCUT2D eigenvalue weighted by molar-refractivity contribution is 5.94. The number of amides is 1. The van der Waals surface area contributed by atoms with Gasteiger partial charge in [0.2, 0.25) is 0 Å². The van der Waals surface area contributed by atoms with Crippen molar-refractivity contribution in [2.45, 2.75) is 38.7 Å². The number of aryl methyl sites for hydroxylation is 1. The van der Waals surface area contributed by atoms with E-state index in [1.165, 1.54) is 5.56 Å². The number of carboxylic acid groups (broad SMARTS) is 1. The maximum absolute atomic E-state index is 12.6. The number of carbonyl (C=O) groups is 2. The monoisotopic (exact) mass is 331 g/mol. The molecule has 2 atom stereocenters. The fraction of sp³-hybridized carbons (Fsp3) is 0.579. The molecule has 2 fully saturated rings. The Kier molecular flexibility index (Phi) is 5.19. The number of benzene rings is 1. The molecule has 5 heteroatoms. The maximum atomic E-state index is 12.6. The minimum Gasteiger partial charge on any atom is -0.481 e. The summed E-state index contributed by atoms with van der Waals surface area (Å²) < 4.78 is 5.69. The summed E-state index contributed by atoms with van der Waals surface area (Å²) >= 11 is 0. The van der Waals surface area contributed by atoms with Crippen LogP contribution < -0.4 is 0 Å². The fourth-order valence-corrected chi connectivity index (χ4v) is 3.84. The first-order chi connectivity index (χ1) is 11.6. The van der Waals surface area contributed by atoms with E-state index in [1.54, 1.807) is 0 Å². The number of rotatable bonds is 4. The fourth-order valence-electron chi connectivity index (χ4n) is 3.84. The van der Waals surface area contributed by atoms with Gasteiger partial charge in [-0.05, 0) is 49.3 Å². The minimum atomic E-state index is -0.757. The molecule has 0 saturated carbocycles. The molecule has 24 heavy (non-hydrogen) atoms. The largest absolute Gasteiger partial charge is 0.481 e. The van der Waals surface area contributed by atoms with Crippen LogP contribution in [0.5, 0.6) is 0 Å². The summed E-state index contributed by atoms with van der Waals surface area (Å²) in [6.45, 7) is 3.97. The van der Waals surface area contributed by atoms with E-state index in [-0.39, 0.29) is 23.8 Å². The first kappa shape index (κ1) is 17.0. The third-order valence-electron chi connectivity index (χ3n) is 5.35. The van der Waals surface area contributed by atoms with Crippen LogP contribution in [0.15, 0.2) is 24.3 Å². The lowest BCUT2D eigenvalue weighted by molar-refractivity contribution is -0.145. The zero-order valence-corrected chi connectivity index (χ0v) is 14.1. The van der Waals surface area contributed by atoms with E-state index >= 15 is 0 Å². The van der Waals surface area contributed by atoms with Gasteiger partial charge in [0.1, 0.15) is 0 Å². The van der Waals surface area contributed by atoms with Crippen LogP contribution in [0.1, 0.15) is 42.1 Å². The summed E-state index contributed by atoms with van der Waals surface area (Å²) in [5, 5.41) is 9.30. The van der Waals surface area contributed by atoms with Crippen LogP contribution in [0.4, 0.5) is 0 Å². The second-order valence-corrected chi connectivity index (χ2v) is 6.75. The molecule has 2 aliphatic rings. The molecule has 0 bridgehead atoms. The van der Waals surface area contributed by atoms with Crippen molar-refractivity contribution in [1.29, 1.82) is 0 Å². The van der Waals surface area contributed by atoms with E-state index in [9.17, 15) is 14.7 Å². The second kappa shape index (κ2) is 7.34. The van der Waals surface area contributed by atoms with Gasteiger partial charge in [-0.25, -0.2) is 0 Å². The highest BCUT2D eigenvalue weighted by atomic mass is 16.5. The lowest BCUT2D eigenvalue weighted by Crippen LogP contribution is -2.43. The Bertz CT molecular complexity index is 590. The highest BCUT2D eigenvalue weighted by Crippen LogP contribution is 2.33. The first-order valence-corrected chi connectivity index (χ1v) is 8.82. The van der Waals surface area contributed by atoms with Crippen molar-refractivity contribution in [1.82, 2.24) is 4.90 Å². The third-order valence-corrected chi connectivity index (χ3v) is 5.35. The highest BCUT2D eigenvalue weighted by Gasteiger charge is 2.40. The predicted octanol–water partition coefficient (Wildman–Crippen LogP) is 2.59. The number of likely N-dealkylation sites (tertiary alicyclic amines) is 1. The molecule has 0 aliphatic carbocycles. The number of nitrogens with zero attached hydrogens (tertiary/aromatic N) is 1. The smallest absolute Gasteiger partial charge is 0.309 e. The predicted molar refractivity (Wildman–Crippen MR) is 89.9 cm³/mol. The molecule has 130 valence electrons. The number of carboxylic acids is 1. The van der Waals surface area contributed by atoms with E-state index in [4.69, 9.17) is 4.74 Å². The van der Waals surface area contributed by atoms with Gasteiger partial charge >= 0.3 is 5.97 Å². The van der Waals surface area contributed by atoms with Crippen molar-refractivity contribution < 1.29 is 19.4 Å². The molecule has 1 amide bonds. The van der Waals surface area contributed by atoms with Crippen molar-refractivity contribution in [2.75, 3.05) is 19.7 Å². The van der Waals surface area contributed by atoms with Gasteiger partial charge in [-0.3, -0.25) is 9.59 Å². The molecule has 5 nitrogen and oxygen atoms in total.